The van der Waals surface area contributed by atoms with Crippen LogP contribution in [0.15, 0.2) is 0 Å². The van der Waals surface area contributed by atoms with Crippen LogP contribution in [0.5, 0.6) is 0 Å². The molecule has 86 valence electrons. The molecular weight excluding hydrogens is 206 g/mol. The summed E-state index contributed by atoms with van der Waals surface area (Å²) in [7, 11) is -2.41. The van der Waals surface area contributed by atoms with Crippen LogP contribution in [0.2, 0.25) is 19.6 Å². The molecular formula is C10H27NOSi2. The summed E-state index contributed by atoms with van der Waals surface area (Å²) >= 11 is 0. The van der Waals surface area contributed by atoms with Gasteiger partial charge in [-0.3, -0.25) is 0 Å². The summed E-state index contributed by atoms with van der Waals surface area (Å²) in [6.07, 6.45) is 1.05. The molecule has 0 aromatic carbocycles. The molecule has 0 aromatic heterocycles. The molecule has 2 N–H and O–H groups in total. The smallest absolute Gasteiger partial charge is 0.181 e. The van der Waals surface area contributed by atoms with E-state index in [1.807, 2.05) is 0 Å². The van der Waals surface area contributed by atoms with Gasteiger partial charge in [-0.25, -0.2) is 0 Å². The highest BCUT2D eigenvalue weighted by Gasteiger charge is 2.37. The van der Waals surface area contributed by atoms with Crippen LogP contribution in [0, 0.1) is 0 Å². The molecule has 2 atom stereocenters. The molecule has 4 heteroatoms. The molecule has 0 amide bonds. The van der Waals surface area contributed by atoms with E-state index in [0.717, 1.165) is 6.42 Å². The van der Waals surface area contributed by atoms with Crippen LogP contribution in [-0.4, -0.2) is 27.4 Å². The summed E-state index contributed by atoms with van der Waals surface area (Å²) in [6, 6.07) is 0. The Labute approximate surface area is 91.7 Å². The SMILES string of the molecule is CCC(N)[SiH](OC(C)(C)C)[Si](C)(C)C. The maximum absolute atomic E-state index is 6.23. The van der Waals surface area contributed by atoms with Gasteiger partial charge in [-0.15, -0.1) is 0 Å². The van der Waals surface area contributed by atoms with E-state index in [1.54, 1.807) is 0 Å². The Kier molecular flexibility index (Phi) is 5.04. The first-order valence-corrected chi connectivity index (χ1v) is 12.0. The molecule has 0 saturated carbocycles. The molecule has 0 aliphatic carbocycles. The monoisotopic (exact) mass is 233 g/mol. The Morgan fingerprint density at radius 2 is 1.71 bits per heavy atom. The van der Waals surface area contributed by atoms with Crippen molar-refractivity contribution >= 4 is 16.1 Å². The zero-order valence-corrected chi connectivity index (χ0v) is 13.0. The zero-order valence-electron chi connectivity index (χ0n) is 10.8. The number of nitrogens with two attached hydrogens (primary N) is 1. The van der Waals surface area contributed by atoms with Crippen molar-refractivity contribution < 1.29 is 4.43 Å². The van der Waals surface area contributed by atoms with Crippen molar-refractivity contribution in [2.24, 2.45) is 5.73 Å². The third-order valence-corrected chi connectivity index (χ3v) is 12.9. The first kappa shape index (κ1) is 14.4. The quantitative estimate of drug-likeness (QED) is 0.756. The summed E-state index contributed by atoms with van der Waals surface area (Å²) in [5, 5.41) is 0. The molecule has 0 aliphatic rings. The van der Waals surface area contributed by atoms with Crippen LogP contribution in [0.1, 0.15) is 34.1 Å². The first-order chi connectivity index (χ1) is 6.08. The molecule has 14 heavy (non-hydrogen) atoms. The Bertz CT molecular complexity index is 172. The summed E-state index contributed by atoms with van der Waals surface area (Å²) in [4.78, 5) is 0. The van der Waals surface area contributed by atoms with Crippen LogP contribution >= 0.6 is 0 Å². The maximum Gasteiger partial charge on any atom is 0.181 e. The van der Waals surface area contributed by atoms with E-state index in [9.17, 15) is 0 Å². The van der Waals surface area contributed by atoms with Gasteiger partial charge in [0.05, 0.1) is 7.59 Å². The van der Waals surface area contributed by atoms with Crippen LogP contribution in [0.25, 0.3) is 0 Å². The fraction of sp³-hybridized carbons (Fsp3) is 1.00. The minimum Gasteiger partial charge on any atom is -0.417 e. The van der Waals surface area contributed by atoms with Gasteiger partial charge >= 0.3 is 0 Å². The topological polar surface area (TPSA) is 35.2 Å². The number of rotatable bonds is 4. The minimum absolute atomic E-state index is 0.0239. The molecule has 0 aliphatic heterocycles. The fourth-order valence-corrected chi connectivity index (χ4v) is 11.2. The van der Waals surface area contributed by atoms with Crippen molar-refractivity contribution in [1.29, 1.82) is 0 Å². The zero-order chi connectivity index (χ0) is 11.6. The molecule has 0 saturated heterocycles. The second-order valence-electron chi connectivity index (χ2n) is 6.09. The van der Waals surface area contributed by atoms with E-state index >= 15 is 0 Å². The normalized spacial score (nSPS) is 18.0. The lowest BCUT2D eigenvalue weighted by atomic mass is 10.2. The van der Waals surface area contributed by atoms with Crippen LogP contribution in [0.4, 0.5) is 0 Å². The highest BCUT2D eigenvalue weighted by atomic mass is 29.2. The van der Waals surface area contributed by atoms with E-state index < -0.39 is 16.1 Å². The van der Waals surface area contributed by atoms with Gasteiger partial charge in [-0.2, -0.15) is 0 Å². The van der Waals surface area contributed by atoms with Gasteiger partial charge in [-0.05, 0) is 27.2 Å². The Morgan fingerprint density at radius 1 is 1.29 bits per heavy atom. The molecule has 0 fully saturated rings. The average molecular weight is 234 g/mol. The Hall–Kier alpha value is 0.354. The van der Waals surface area contributed by atoms with Gasteiger partial charge in [0.2, 0.25) is 0 Å². The summed E-state index contributed by atoms with van der Waals surface area (Å²) in [5.41, 5.74) is 6.48. The van der Waals surface area contributed by atoms with Crippen molar-refractivity contribution in [3.63, 3.8) is 0 Å². The largest absolute Gasteiger partial charge is 0.417 e. The Balaban J connectivity index is 4.58. The fourth-order valence-electron chi connectivity index (χ4n) is 1.50. The molecule has 0 aromatic rings. The third-order valence-electron chi connectivity index (χ3n) is 2.19. The van der Waals surface area contributed by atoms with E-state index in [0.29, 0.717) is 5.67 Å². The molecule has 0 radical (unpaired) electrons. The van der Waals surface area contributed by atoms with Gasteiger partial charge in [0.25, 0.3) is 0 Å². The molecule has 0 bridgehead atoms. The third kappa shape index (κ3) is 5.29. The van der Waals surface area contributed by atoms with Crippen LogP contribution in [0.3, 0.4) is 0 Å². The van der Waals surface area contributed by atoms with Crippen molar-refractivity contribution in [3.05, 3.63) is 0 Å². The second kappa shape index (κ2) is 4.92. The highest BCUT2D eigenvalue weighted by molar-refractivity contribution is 7.29. The van der Waals surface area contributed by atoms with Gasteiger partial charge in [-0.1, -0.05) is 26.6 Å². The van der Waals surface area contributed by atoms with E-state index in [4.69, 9.17) is 10.2 Å². The van der Waals surface area contributed by atoms with Crippen LogP contribution < -0.4 is 5.73 Å². The molecule has 0 spiro atoms. The molecule has 0 rings (SSSR count). The lowest BCUT2D eigenvalue weighted by molar-refractivity contribution is 0.130. The average Bonchev–Trinajstić information content (AvgIpc) is 1.95. The highest BCUT2D eigenvalue weighted by Crippen LogP contribution is 2.18. The van der Waals surface area contributed by atoms with Crippen molar-refractivity contribution in [3.8, 4) is 0 Å². The molecule has 0 heterocycles. The van der Waals surface area contributed by atoms with E-state index in [1.165, 1.54) is 0 Å². The number of hydrogen-bond acceptors (Lipinski definition) is 2. The summed E-state index contributed by atoms with van der Waals surface area (Å²) in [5.74, 6) is 0. The maximum atomic E-state index is 6.23. The predicted octanol–water partition coefficient (Wildman–Crippen LogP) is 2.22. The van der Waals surface area contributed by atoms with Crippen LogP contribution in [-0.2, 0) is 4.43 Å². The predicted molar refractivity (Wildman–Crippen MR) is 69.6 cm³/mol. The van der Waals surface area contributed by atoms with Crippen molar-refractivity contribution in [1.82, 2.24) is 0 Å². The van der Waals surface area contributed by atoms with Crippen molar-refractivity contribution in [2.75, 3.05) is 0 Å². The summed E-state index contributed by atoms with van der Waals surface area (Å²) < 4.78 is 6.23. The van der Waals surface area contributed by atoms with Gasteiger partial charge in [0, 0.05) is 11.3 Å². The standard InChI is InChI=1S/C10H27NOSi2/c1-8-9(11)13(14(5,6)7)12-10(2,3)4/h9,13H,8,11H2,1-7H3. The second-order valence-corrected chi connectivity index (χ2v) is 19.7. The summed E-state index contributed by atoms with van der Waals surface area (Å²) in [6.45, 7) is 15.7. The van der Waals surface area contributed by atoms with E-state index in [-0.39, 0.29) is 5.60 Å². The number of hydrogen-bond donors (Lipinski definition) is 1. The molecule has 2 unspecified atom stereocenters. The minimum atomic E-state index is -1.22. The first-order valence-electron chi connectivity index (χ1n) is 5.51. The van der Waals surface area contributed by atoms with E-state index in [2.05, 4.69) is 47.3 Å². The molecule has 2 nitrogen and oxygen atoms in total. The lowest BCUT2D eigenvalue weighted by Crippen LogP contribution is -2.59. The van der Waals surface area contributed by atoms with Gasteiger partial charge in [0.15, 0.2) is 8.56 Å². The van der Waals surface area contributed by atoms with Gasteiger partial charge < -0.3 is 10.2 Å². The Morgan fingerprint density at radius 3 is 1.93 bits per heavy atom. The lowest BCUT2D eigenvalue weighted by Gasteiger charge is -2.37. The van der Waals surface area contributed by atoms with Crippen molar-refractivity contribution in [2.45, 2.75) is 65.0 Å². The van der Waals surface area contributed by atoms with Gasteiger partial charge in [0.1, 0.15) is 0 Å².